The van der Waals surface area contributed by atoms with Gasteiger partial charge in [-0.1, -0.05) is 12.1 Å². The molecule has 0 spiro atoms. The summed E-state index contributed by atoms with van der Waals surface area (Å²) in [6.45, 7) is 3.58. The van der Waals surface area contributed by atoms with Crippen LogP contribution in [0.15, 0.2) is 29.3 Å². The number of nitrogens with one attached hydrogen (secondary N) is 2. The molecular weight excluding hydrogens is 404 g/mol. The molecule has 7 nitrogen and oxygen atoms in total. The van der Waals surface area contributed by atoms with Gasteiger partial charge in [0.05, 0.1) is 12.3 Å². The number of anilines is 1. The summed E-state index contributed by atoms with van der Waals surface area (Å²) in [5.41, 5.74) is 0.704. The Bertz CT molecular complexity index is 698. The van der Waals surface area contributed by atoms with Gasteiger partial charge >= 0.3 is 6.61 Å². The van der Waals surface area contributed by atoms with Crippen molar-refractivity contribution >= 4 is 11.6 Å². The van der Waals surface area contributed by atoms with E-state index in [9.17, 15) is 8.78 Å². The van der Waals surface area contributed by atoms with Crippen molar-refractivity contribution < 1.29 is 18.3 Å². The molecule has 0 radical (unpaired) electrons. The van der Waals surface area contributed by atoms with Gasteiger partial charge in [-0.2, -0.15) is 8.78 Å². The summed E-state index contributed by atoms with van der Waals surface area (Å²) in [5.74, 6) is 1.65. The van der Waals surface area contributed by atoms with Crippen LogP contribution in [-0.4, -0.2) is 83.5 Å². The molecule has 2 aliphatic rings. The molecule has 3 rings (SSSR count). The number of hydrogen-bond acceptors (Lipinski definition) is 5. The molecule has 1 aromatic rings. The summed E-state index contributed by atoms with van der Waals surface area (Å²) in [6.07, 6.45) is 3.25. The standard InChI is InChI=1S/C22H35F2N5O2/c1-25-22(26-15-17-7-10-28(11-8-17)13-14-30-2)27-18-9-12-29(16-18)19-5-3-4-6-20(19)31-21(23)24/h3-6,17-18,21H,7-16H2,1-2H3,(H2,25,26,27). The van der Waals surface area contributed by atoms with Crippen molar-refractivity contribution in [2.24, 2.45) is 10.9 Å². The number of benzene rings is 1. The van der Waals surface area contributed by atoms with Gasteiger partial charge in [-0.15, -0.1) is 0 Å². The number of ether oxygens (including phenoxy) is 2. The van der Waals surface area contributed by atoms with E-state index in [1.807, 2.05) is 12.1 Å². The molecule has 2 heterocycles. The predicted molar refractivity (Wildman–Crippen MR) is 119 cm³/mol. The molecule has 2 saturated heterocycles. The summed E-state index contributed by atoms with van der Waals surface area (Å²) in [4.78, 5) is 8.91. The van der Waals surface area contributed by atoms with Crippen molar-refractivity contribution in [2.75, 3.05) is 64.9 Å². The number of halogens is 2. The van der Waals surface area contributed by atoms with Gasteiger partial charge in [-0.3, -0.25) is 4.99 Å². The Morgan fingerprint density at radius 3 is 2.68 bits per heavy atom. The minimum absolute atomic E-state index is 0.196. The molecule has 31 heavy (non-hydrogen) atoms. The van der Waals surface area contributed by atoms with E-state index in [4.69, 9.17) is 4.74 Å². The molecule has 1 unspecified atom stereocenters. The second-order valence-corrected chi connectivity index (χ2v) is 8.15. The van der Waals surface area contributed by atoms with Crippen LogP contribution in [0.1, 0.15) is 19.3 Å². The van der Waals surface area contributed by atoms with E-state index < -0.39 is 6.61 Å². The van der Waals surface area contributed by atoms with Gasteiger partial charge in [-0.05, 0) is 50.4 Å². The quantitative estimate of drug-likeness (QED) is 0.455. The highest BCUT2D eigenvalue weighted by Gasteiger charge is 2.26. The molecule has 0 bridgehead atoms. The summed E-state index contributed by atoms with van der Waals surface area (Å²) in [6, 6.07) is 7.16. The second kappa shape index (κ2) is 12.0. The maximum Gasteiger partial charge on any atom is 0.387 e. The van der Waals surface area contributed by atoms with Crippen LogP contribution in [0, 0.1) is 5.92 Å². The van der Waals surface area contributed by atoms with E-state index >= 15 is 0 Å². The van der Waals surface area contributed by atoms with Gasteiger partial charge in [0.2, 0.25) is 0 Å². The number of para-hydroxylation sites is 2. The van der Waals surface area contributed by atoms with Crippen LogP contribution in [0.4, 0.5) is 14.5 Å². The first-order chi connectivity index (χ1) is 15.1. The van der Waals surface area contributed by atoms with Crippen LogP contribution in [0.5, 0.6) is 5.75 Å². The van der Waals surface area contributed by atoms with Crippen molar-refractivity contribution in [1.82, 2.24) is 15.5 Å². The first-order valence-electron chi connectivity index (χ1n) is 11.1. The lowest BCUT2D eigenvalue weighted by molar-refractivity contribution is -0.0495. The molecular formula is C22H35F2N5O2. The van der Waals surface area contributed by atoms with Crippen LogP contribution in [0.2, 0.25) is 0 Å². The number of rotatable bonds is 9. The highest BCUT2D eigenvalue weighted by Crippen LogP contribution is 2.31. The van der Waals surface area contributed by atoms with Crippen LogP contribution >= 0.6 is 0 Å². The number of alkyl halides is 2. The van der Waals surface area contributed by atoms with Crippen LogP contribution in [0.25, 0.3) is 0 Å². The summed E-state index contributed by atoms with van der Waals surface area (Å²) >= 11 is 0. The number of aliphatic imine (C=N–C) groups is 1. The third kappa shape index (κ3) is 7.21. The molecule has 9 heteroatoms. The third-order valence-electron chi connectivity index (χ3n) is 6.05. The van der Waals surface area contributed by atoms with Gasteiger partial charge in [0.25, 0.3) is 0 Å². The summed E-state index contributed by atoms with van der Waals surface area (Å²) < 4.78 is 35.3. The monoisotopic (exact) mass is 439 g/mol. The molecule has 0 saturated carbocycles. The van der Waals surface area contributed by atoms with Gasteiger partial charge in [0.1, 0.15) is 5.75 Å². The Balaban J connectivity index is 1.43. The maximum atomic E-state index is 12.7. The highest BCUT2D eigenvalue weighted by molar-refractivity contribution is 5.80. The molecule has 1 atom stereocenters. The van der Waals surface area contributed by atoms with Gasteiger partial charge in [0.15, 0.2) is 5.96 Å². The average molecular weight is 440 g/mol. The SMILES string of the molecule is CN=C(NCC1CCN(CCOC)CC1)NC1CCN(c2ccccc2OC(F)F)C1. The Morgan fingerprint density at radius 2 is 1.97 bits per heavy atom. The van der Waals surface area contributed by atoms with Crippen molar-refractivity contribution in [3.63, 3.8) is 0 Å². The molecule has 174 valence electrons. The smallest absolute Gasteiger partial charge is 0.387 e. The van der Waals surface area contributed by atoms with Crippen LogP contribution in [-0.2, 0) is 4.74 Å². The highest BCUT2D eigenvalue weighted by atomic mass is 19.3. The van der Waals surface area contributed by atoms with E-state index in [-0.39, 0.29) is 11.8 Å². The van der Waals surface area contributed by atoms with E-state index in [1.54, 1.807) is 26.3 Å². The first kappa shape index (κ1) is 23.5. The Morgan fingerprint density at radius 1 is 1.19 bits per heavy atom. The van der Waals surface area contributed by atoms with Gasteiger partial charge in [-0.25, -0.2) is 0 Å². The number of piperidine rings is 1. The van der Waals surface area contributed by atoms with Crippen molar-refractivity contribution in [3.8, 4) is 5.75 Å². The Hall–Kier alpha value is -2.13. The zero-order valence-electron chi connectivity index (χ0n) is 18.5. The summed E-state index contributed by atoms with van der Waals surface area (Å²) in [5, 5.41) is 6.95. The lowest BCUT2D eigenvalue weighted by Crippen LogP contribution is -2.47. The molecule has 0 aliphatic carbocycles. The Kier molecular flexibility index (Phi) is 9.14. The molecule has 2 fully saturated rings. The van der Waals surface area contributed by atoms with Crippen molar-refractivity contribution in [1.29, 1.82) is 0 Å². The fourth-order valence-electron chi connectivity index (χ4n) is 4.27. The van der Waals surface area contributed by atoms with E-state index in [2.05, 4.69) is 30.2 Å². The first-order valence-corrected chi connectivity index (χ1v) is 11.1. The third-order valence-corrected chi connectivity index (χ3v) is 6.05. The normalized spacial score (nSPS) is 21.0. The number of methoxy groups -OCH3 is 1. The largest absolute Gasteiger partial charge is 0.433 e. The minimum atomic E-state index is -2.83. The molecule has 2 N–H and O–H groups in total. The van der Waals surface area contributed by atoms with Crippen LogP contribution < -0.4 is 20.3 Å². The van der Waals surface area contributed by atoms with E-state index in [0.717, 1.165) is 51.7 Å². The zero-order chi connectivity index (χ0) is 22.1. The average Bonchev–Trinajstić information content (AvgIpc) is 3.24. The van der Waals surface area contributed by atoms with Gasteiger partial charge < -0.3 is 29.9 Å². The molecule has 1 aromatic carbocycles. The number of nitrogens with zero attached hydrogens (tertiary/aromatic N) is 3. The molecule has 2 aliphatic heterocycles. The zero-order valence-corrected chi connectivity index (χ0v) is 18.5. The predicted octanol–water partition coefficient (Wildman–Crippen LogP) is 2.39. The van der Waals surface area contributed by atoms with Crippen molar-refractivity contribution in [3.05, 3.63) is 24.3 Å². The van der Waals surface area contributed by atoms with E-state index in [1.165, 1.54) is 12.8 Å². The molecule has 0 amide bonds. The number of hydrogen-bond donors (Lipinski definition) is 2. The fourth-order valence-corrected chi connectivity index (χ4v) is 4.27. The number of guanidine groups is 1. The number of likely N-dealkylation sites (tertiary alicyclic amines) is 1. The molecule has 0 aromatic heterocycles. The Labute approximate surface area is 183 Å². The minimum Gasteiger partial charge on any atom is -0.433 e. The van der Waals surface area contributed by atoms with Crippen LogP contribution in [0.3, 0.4) is 0 Å². The second-order valence-electron chi connectivity index (χ2n) is 8.15. The van der Waals surface area contributed by atoms with Gasteiger partial charge in [0, 0.05) is 46.4 Å². The van der Waals surface area contributed by atoms with Crippen molar-refractivity contribution in [2.45, 2.75) is 31.9 Å². The van der Waals surface area contributed by atoms with E-state index in [0.29, 0.717) is 18.2 Å². The fraction of sp³-hybridized carbons (Fsp3) is 0.682. The summed E-state index contributed by atoms with van der Waals surface area (Å²) in [7, 11) is 3.52. The topological polar surface area (TPSA) is 61.4 Å². The lowest BCUT2D eigenvalue weighted by Gasteiger charge is -2.32. The lowest BCUT2D eigenvalue weighted by atomic mass is 9.97. The maximum absolute atomic E-state index is 12.7.